The Morgan fingerprint density at radius 3 is 1.44 bits per heavy atom. The van der Waals surface area contributed by atoms with Gasteiger partial charge in [0.15, 0.2) is 22.9 Å². The molecular weight excluding hydrogens is 220 g/mol. The predicted octanol–water partition coefficient (Wildman–Crippen LogP) is -0.999. The average Bonchev–Trinajstić information content (AvgIpc) is 2.26. The van der Waals surface area contributed by atoms with Crippen molar-refractivity contribution in [3.63, 3.8) is 0 Å². The van der Waals surface area contributed by atoms with E-state index in [0.717, 1.165) is 12.4 Å². The maximum atomic E-state index is 11.1. The number of phenolic OH excluding ortho intramolecular Hbond substituents is 2. The molecule has 8 heteroatoms. The van der Waals surface area contributed by atoms with E-state index in [2.05, 4.69) is 0 Å². The smallest absolute Gasteiger partial charge is 0.273 e. The second-order valence-electron chi connectivity index (χ2n) is 3.04. The van der Waals surface area contributed by atoms with Crippen molar-refractivity contribution in [3.05, 3.63) is 32.8 Å². The van der Waals surface area contributed by atoms with Gasteiger partial charge in [0.25, 0.3) is 10.9 Å². The Hall–Kier alpha value is -2.64. The molecule has 0 aromatic carbocycles. The van der Waals surface area contributed by atoms with Crippen LogP contribution in [0.5, 0.6) is 11.5 Å². The molecule has 0 fully saturated rings. The Labute approximate surface area is 86.7 Å². The third kappa shape index (κ3) is 1.03. The molecule has 1 aliphatic heterocycles. The summed E-state index contributed by atoms with van der Waals surface area (Å²) in [7, 11) is 0. The second-order valence-corrected chi connectivity index (χ2v) is 3.04. The Bertz CT molecular complexity index is 598. The number of aromatic hydroxyl groups is 2. The van der Waals surface area contributed by atoms with E-state index in [1.807, 2.05) is 0 Å². The fourth-order valence-electron chi connectivity index (χ4n) is 1.36. The van der Waals surface area contributed by atoms with Crippen LogP contribution in [0.2, 0.25) is 0 Å². The van der Waals surface area contributed by atoms with Crippen molar-refractivity contribution in [2.24, 2.45) is 0 Å². The molecule has 84 valence electrons. The predicted molar refractivity (Wildman–Crippen MR) is 49.3 cm³/mol. The number of fused-ring (bicyclic) bond motifs is 1. The number of nitrogens with zero attached hydrogens (tertiary/aromatic N) is 2. The van der Waals surface area contributed by atoms with Crippen molar-refractivity contribution in [1.82, 2.24) is 9.46 Å². The van der Waals surface area contributed by atoms with Crippen molar-refractivity contribution >= 4 is 0 Å². The Morgan fingerprint density at radius 1 is 0.812 bits per heavy atom. The molecule has 0 saturated carbocycles. The minimum absolute atomic E-state index is 0.304. The molecule has 16 heavy (non-hydrogen) atoms. The van der Waals surface area contributed by atoms with E-state index in [-0.39, 0.29) is 0 Å². The summed E-state index contributed by atoms with van der Waals surface area (Å²) >= 11 is 0. The first-order chi connectivity index (χ1) is 7.45. The van der Waals surface area contributed by atoms with Gasteiger partial charge in [-0.1, -0.05) is 0 Å². The van der Waals surface area contributed by atoms with Gasteiger partial charge < -0.3 is 20.6 Å². The molecule has 0 radical (unpaired) electrons. The molecule has 8 nitrogen and oxygen atoms in total. The molecule has 1 heterocycles. The molecule has 0 spiro atoms. The lowest BCUT2D eigenvalue weighted by molar-refractivity contribution is 0.153. The Kier molecular flexibility index (Phi) is 1.81. The monoisotopic (exact) mass is 226 g/mol. The summed E-state index contributed by atoms with van der Waals surface area (Å²) in [6.07, 6.45) is 1.82. The summed E-state index contributed by atoms with van der Waals surface area (Å²) in [5.41, 5.74) is -3.85. The lowest BCUT2D eigenvalue weighted by Gasteiger charge is -2.14. The average molecular weight is 226 g/mol. The van der Waals surface area contributed by atoms with Gasteiger partial charge >= 0.3 is 0 Å². The van der Waals surface area contributed by atoms with Crippen LogP contribution in [0.3, 0.4) is 0 Å². The molecule has 0 unspecified atom stereocenters. The van der Waals surface area contributed by atoms with Crippen molar-refractivity contribution in [1.29, 1.82) is 0 Å². The normalized spacial score (nSPS) is 10.8. The lowest BCUT2D eigenvalue weighted by Crippen LogP contribution is -2.27. The number of rotatable bonds is 0. The SMILES string of the molecule is O=c1c(O)c2n(O)ccn(O)c-2c(O)c1=O. The minimum atomic E-state index is -1.36. The summed E-state index contributed by atoms with van der Waals surface area (Å²) in [5.74, 6) is -2.10. The van der Waals surface area contributed by atoms with Crippen LogP contribution in [-0.2, 0) is 0 Å². The van der Waals surface area contributed by atoms with Gasteiger partial charge in [-0.05, 0) is 0 Å². The quantitative estimate of drug-likeness (QED) is 0.259. The van der Waals surface area contributed by atoms with E-state index in [1.54, 1.807) is 0 Å². The molecule has 0 atom stereocenters. The number of phenols is 2. The third-order valence-electron chi connectivity index (χ3n) is 2.12. The van der Waals surface area contributed by atoms with Crippen LogP contribution in [-0.4, -0.2) is 30.1 Å². The summed E-state index contributed by atoms with van der Waals surface area (Å²) < 4.78 is 0.607. The topological polar surface area (TPSA) is 125 Å². The van der Waals surface area contributed by atoms with Crippen LogP contribution in [0, 0.1) is 0 Å². The molecule has 2 aliphatic rings. The number of hydrogen-bond acceptors (Lipinski definition) is 6. The highest BCUT2D eigenvalue weighted by Crippen LogP contribution is 2.30. The summed E-state index contributed by atoms with van der Waals surface area (Å²) in [5, 5.41) is 37.3. The Balaban J connectivity index is 3.18. The molecule has 0 bridgehead atoms. The van der Waals surface area contributed by atoms with Gasteiger partial charge in [0.2, 0.25) is 0 Å². The molecule has 0 saturated heterocycles. The highest BCUT2D eigenvalue weighted by molar-refractivity contribution is 5.70. The molecule has 1 aliphatic carbocycles. The fraction of sp³-hybridized carbons (Fsp3) is 0. The van der Waals surface area contributed by atoms with Gasteiger partial charge in [0.1, 0.15) is 0 Å². The minimum Gasteiger partial charge on any atom is -0.502 e. The van der Waals surface area contributed by atoms with Crippen LogP contribution < -0.4 is 10.9 Å². The van der Waals surface area contributed by atoms with E-state index in [1.165, 1.54) is 0 Å². The first-order valence-corrected chi connectivity index (χ1v) is 4.05. The van der Waals surface area contributed by atoms with Crippen molar-refractivity contribution in [2.45, 2.75) is 0 Å². The van der Waals surface area contributed by atoms with E-state index in [9.17, 15) is 30.2 Å². The summed E-state index contributed by atoms with van der Waals surface area (Å²) in [6.45, 7) is 0. The van der Waals surface area contributed by atoms with Crippen molar-refractivity contribution in [3.8, 4) is 22.9 Å². The van der Waals surface area contributed by atoms with Gasteiger partial charge in [-0.25, -0.2) is 0 Å². The first kappa shape index (κ1) is 9.90. The van der Waals surface area contributed by atoms with Gasteiger partial charge in [-0.2, -0.15) is 9.46 Å². The molecule has 0 aromatic heterocycles. The molecule has 4 N–H and O–H groups in total. The molecule has 0 amide bonds. The van der Waals surface area contributed by atoms with Crippen LogP contribution in [0.1, 0.15) is 0 Å². The molecular formula is C8H6N2O6. The zero-order valence-electron chi connectivity index (χ0n) is 7.65. The van der Waals surface area contributed by atoms with Gasteiger partial charge in [0.05, 0.1) is 12.4 Å². The zero-order valence-corrected chi connectivity index (χ0v) is 7.65. The van der Waals surface area contributed by atoms with Crippen LogP contribution in [0.15, 0.2) is 22.0 Å². The molecule has 0 aromatic rings. The Morgan fingerprint density at radius 2 is 1.12 bits per heavy atom. The highest BCUT2D eigenvalue weighted by atomic mass is 16.5. The van der Waals surface area contributed by atoms with Crippen LogP contribution >= 0.6 is 0 Å². The number of benzene rings is 1. The first-order valence-electron chi connectivity index (χ1n) is 4.05. The maximum absolute atomic E-state index is 11.1. The van der Waals surface area contributed by atoms with E-state index in [0.29, 0.717) is 9.46 Å². The fourth-order valence-corrected chi connectivity index (χ4v) is 1.36. The van der Waals surface area contributed by atoms with Gasteiger partial charge in [0, 0.05) is 0 Å². The van der Waals surface area contributed by atoms with E-state index < -0.39 is 33.7 Å². The number of aromatic nitrogens is 2. The van der Waals surface area contributed by atoms with Crippen molar-refractivity contribution in [2.75, 3.05) is 0 Å². The maximum Gasteiger partial charge on any atom is 0.273 e. The van der Waals surface area contributed by atoms with Gasteiger partial charge in [-0.15, -0.1) is 0 Å². The number of hydrogen-bond donors (Lipinski definition) is 4. The summed E-state index contributed by atoms with van der Waals surface area (Å²) in [6, 6.07) is 0. The standard InChI is InChI=1S/C8H6N2O6/c11-5-3-4(6(12)8(14)7(5)13)10(16)2-1-9(3)15/h1-2,11-12,15-16H. The zero-order chi connectivity index (χ0) is 12.0. The van der Waals surface area contributed by atoms with Crippen LogP contribution in [0.4, 0.5) is 0 Å². The highest BCUT2D eigenvalue weighted by Gasteiger charge is 2.26. The van der Waals surface area contributed by atoms with E-state index in [4.69, 9.17) is 0 Å². The lowest BCUT2D eigenvalue weighted by atomic mass is 10.1. The van der Waals surface area contributed by atoms with Crippen molar-refractivity contribution < 1.29 is 20.6 Å². The third-order valence-corrected chi connectivity index (χ3v) is 2.12. The second kappa shape index (κ2) is 2.92. The summed E-state index contributed by atoms with van der Waals surface area (Å²) in [4.78, 5) is 22.3. The van der Waals surface area contributed by atoms with E-state index >= 15 is 0 Å². The van der Waals surface area contributed by atoms with Gasteiger partial charge in [-0.3, -0.25) is 9.59 Å². The van der Waals surface area contributed by atoms with Crippen LogP contribution in [0.25, 0.3) is 11.4 Å². The molecule has 2 rings (SSSR count). The largest absolute Gasteiger partial charge is 0.502 e.